The number of hydrogen-bond donors (Lipinski definition) is 1. The lowest BCUT2D eigenvalue weighted by Gasteiger charge is -2.25. The first-order valence-corrected chi connectivity index (χ1v) is 6.76. The van der Waals surface area contributed by atoms with Gasteiger partial charge in [-0.05, 0) is 23.3 Å². The fraction of sp³-hybridized carbons (Fsp3) is 0.176. The molecule has 4 heteroatoms. The Balaban J connectivity index is 1.99. The fourth-order valence-corrected chi connectivity index (χ4v) is 2.82. The molecular formula is C17H14N2O2. The molecule has 1 heterocycles. The van der Waals surface area contributed by atoms with Crippen molar-refractivity contribution in [1.82, 2.24) is 0 Å². The van der Waals surface area contributed by atoms with Gasteiger partial charge < -0.3 is 10.0 Å². The van der Waals surface area contributed by atoms with Gasteiger partial charge >= 0.3 is 5.97 Å². The molecule has 1 atom stereocenters. The Labute approximate surface area is 122 Å². The van der Waals surface area contributed by atoms with E-state index in [-0.39, 0.29) is 0 Å². The van der Waals surface area contributed by atoms with E-state index in [1.165, 1.54) is 0 Å². The summed E-state index contributed by atoms with van der Waals surface area (Å²) in [6.45, 7) is 0.428. The highest BCUT2D eigenvalue weighted by molar-refractivity contribution is 5.82. The molecule has 104 valence electrons. The summed E-state index contributed by atoms with van der Waals surface area (Å²) in [7, 11) is 0. The quantitative estimate of drug-likeness (QED) is 0.937. The molecule has 0 saturated heterocycles. The van der Waals surface area contributed by atoms with Gasteiger partial charge in [-0.3, -0.25) is 0 Å². The number of carboxylic acid groups (broad SMARTS) is 1. The molecule has 1 aliphatic heterocycles. The molecule has 0 aliphatic carbocycles. The van der Waals surface area contributed by atoms with E-state index >= 15 is 0 Å². The van der Waals surface area contributed by atoms with E-state index in [2.05, 4.69) is 6.07 Å². The van der Waals surface area contributed by atoms with Gasteiger partial charge in [0.25, 0.3) is 0 Å². The van der Waals surface area contributed by atoms with E-state index in [0.29, 0.717) is 18.5 Å². The van der Waals surface area contributed by atoms with Gasteiger partial charge in [0.05, 0.1) is 11.6 Å². The average molecular weight is 278 g/mol. The Morgan fingerprint density at radius 1 is 1.24 bits per heavy atom. The highest BCUT2D eigenvalue weighted by Crippen LogP contribution is 2.33. The topological polar surface area (TPSA) is 64.3 Å². The predicted octanol–water partition coefficient (Wildman–Crippen LogP) is 2.57. The average Bonchev–Trinajstić information content (AvgIpc) is 2.87. The van der Waals surface area contributed by atoms with Crippen LogP contribution >= 0.6 is 0 Å². The van der Waals surface area contributed by atoms with Gasteiger partial charge in [0.1, 0.15) is 6.04 Å². The van der Waals surface area contributed by atoms with E-state index in [0.717, 1.165) is 16.8 Å². The summed E-state index contributed by atoms with van der Waals surface area (Å²) in [4.78, 5) is 13.4. The van der Waals surface area contributed by atoms with Crippen molar-refractivity contribution in [2.45, 2.75) is 19.0 Å². The molecule has 0 fully saturated rings. The highest BCUT2D eigenvalue weighted by atomic mass is 16.4. The number of anilines is 1. The SMILES string of the molecule is N#Cc1ccccc1CN1c2ccccc2CC1C(=O)O. The van der Waals surface area contributed by atoms with E-state index < -0.39 is 12.0 Å². The monoisotopic (exact) mass is 278 g/mol. The zero-order valence-corrected chi connectivity index (χ0v) is 11.4. The van der Waals surface area contributed by atoms with Crippen molar-refractivity contribution in [2.75, 3.05) is 4.90 Å². The van der Waals surface area contributed by atoms with Crippen molar-refractivity contribution in [3.05, 3.63) is 65.2 Å². The molecule has 4 nitrogen and oxygen atoms in total. The summed E-state index contributed by atoms with van der Waals surface area (Å²) in [5.74, 6) is -0.833. The minimum Gasteiger partial charge on any atom is -0.480 e. The second-order valence-corrected chi connectivity index (χ2v) is 5.08. The molecule has 0 bridgehead atoms. The van der Waals surface area contributed by atoms with Gasteiger partial charge in [0.2, 0.25) is 0 Å². The first kappa shape index (κ1) is 13.2. The van der Waals surface area contributed by atoms with Crippen molar-refractivity contribution < 1.29 is 9.90 Å². The molecule has 1 N–H and O–H groups in total. The summed E-state index contributed by atoms with van der Waals surface area (Å²) in [6, 6.07) is 16.6. The maximum atomic E-state index is 11.5. The Kier molecular flexibility index (Phi) is 3.33. The number of para-hydroxylation sites is 1. The third kappa shape index (κ3) is 2.34. The summed E-state index contributed by atoms with van der Waals surface area (Å²) in [5, 5.41) is 18.6. The molecule has 0 aromatic heterocycles. The molecule has 0 spiro atoms. The number of aliphatic carboxylic acids is 1. The summed E-state index contributed by atoms with van der Waals surface area (Å²) in [5.41, 5.74) is 3.42. The normalized spacial score (nSPS) is 16.3. The van der Waals surface area contributed by atoms with E-state index in [1.54, 1.807) is 6.07 Å². The third-order valence-electron chi connectivity index (χ3n) is 3.85. The van der Waals surface area contributed by atoms with Crippen LogP contribution in [0.5, 0.6) is 0 Å². The molecule has 3 rings (SSSR count). The molecule has 2 aromatic carbocycles. The number of hydrogen-bond acceptors (Lipinski definition) is 3. The summed E-state index contributed by atoms with van der Waals surface area (Å²) >= 11 is 0. The fourth-order valence-electron chi connectivity index (χ4n) is 2.82. The van der Waals surface area contributed by atoms with Crippen LogP contribution in [0, 0.1) is 11.3 Å². The van der Waals surface area contributed by atoms with Crippen LogP contribution in [-0.4, -0.2) is 17.1 Å². The maximum absolute atomic E-state index is 11.5. The van der Waals surface area contributed by atoms with Crippen molar-refractivity contribution in [3.63, 3.8) is 0 Å². The summed E-state index contributed by atoms with van der Waals surface area (Å²) in [6.07, 6.45) is 0.500. The van der Waals surface area contributed by atoms with Crippen LogP contribution in [0.1, 0.15) is 16.7 Å². The summed E-state index contributed by atoms with van der Waals surface area (Å²) < 4.78 is 0. The Hall–Kier alpha value is -2.80. The number of carboxylic acids is 1. The number of carbonyl (C=O) groups is 1. The Morgan fingerprint density at radius 3 is 2.71 bits per heavy atom. The predicted molar refractivity (Wildman–Crippen MR) is 78.9 cm³/mol. The lowest BCUT2D eigenvalue weighted by Crippen LogP contribution is -2.38. The smallest absolute Gasteiger partial charge is 0.326 e. The number of rotatable bonds is 3. The van der Waals surface area contributed by atoms with Gasteiger partial charge in [-0.2, -0.15) is 5.26 Å². The van der Waals surface area contributed by atoms with Crippen molar-refractivity contribution in [3.8, 4) is 6.07 Å². The minimum atomic E-state index is -0.833. The van der Waals surface area contributed by atoms with E-state index in [9.17, 15) is 15.2 Å². The molecule has 0 radical (unpaired) electrons. The number of fused-ring (bicyclic) bond motifs is 1. The van der Waals surface area contributed by atoms with Crippen LogP contribution in [0.3, 0.4) is 0 Å². The number of nitrogens with zero attached hydrogens (tertiary/aromatic N) is 2. The third-order valence-corrected chi connectivity index (χ3v) is 3.85. The zero-order chi connectivity index (χ0) is 14.8. The molecule has 2 aromatic rings. The Bertz CT molecular complexity index is 734. The van der Waals surface area contributed by atoms with Crippen molar-refractivity contribution in [2.24, 2.45) is 0 Å². The highest BCUT2D eigenvalue weighted by Gasteiger charge is 2.34. The number of benzene rings is 2. The van der Waals surface area contributed by atoms with Gasteiger partial charge in [-0.1, -0.05) is 36.4 Å². The molecule has 1 aliphatic rings. The largest absolute Gasteiger partial charge is 0.480 e. The molecule has 1 unspecified atom stereocenters. The second kappa shape index (κ2) is 5.29. The molecule has 0 amide bonds. The van der Waals surface area contributed by atoms with Crippen molar-refractivity contribution >= 4 is 11.7 Å². The van der Waals surface area contributed by atoms with Gasteiger partial charge in [-0.15, -0.1) is 0 Å². The first-order valence-electron chi connectivity index (χ1n) is 6.76. The van der Waals surface area contributed by atoms with Crippen LogP contribution in [-0.2, 0) is 17.8 Å². The minimum absolute atomic E-state index is 0.428. The van der Waals surface area contributed by atoms with Gasteiger partial charge in [0.15, 0.2) is 0 Å². The van der Waals surface area contributed by atoms with Gasteiger partial charge in [-0.25, -0.2) is 4.79 Å². The van der Waals surface area contributed by atoms with Crippen LogP contribution in [0.4, 0.5) is 5.69 Å². The van der Waals surface area contributed by atoms with E-state index in [4.69, 9.17) is 0 Å². The van der Waals surface area contributed by atoms with Crippen LogP contribution in [0.15, 0.2) is 48.5 Å². The zero-order valence-electron chi connectivity index (χ0n) is 11.4. The second-order valence-electron chi connectivity index (χ2n) is 5.08. The van der Waals surface area contributed by atoms with Gasteiger partial charge in [0, 0.05) is 18.7 Å². The molecule has 21 heavy (non-hydrogen) atoms. The van der Waals surface area contributed by atoms with Crippen LogP contribution in [0.2, 0.25) is 0 Å². The first-order chi connectivity index (χ1) is 10.2. The lowest BCUT2D eigenvalue weighted by atomic mass is 10.1. The Morgan fingerprint density at radius 2 is 1.95 bits per heavy atom. The van der Waals surface area contributed by atoms with Crippen LogP contribution in [0.25, 0.3) is 0 Å². The van der Waals surface area contributed by atoms with Crippen LogP contribution < -0.4 is 4.90 Å². The number of nitriles is 1. The maximum Gasteiger partial charge on any atom is 0.326 e. The standard InChI is InChI=1S/C17H14N2O2/c18-10-13-6-1-2-7-14(13)11-19-15-8-4-3-5-12(15)9-16(19)17(20)21/h1-8,16H,9,11H2,(H,20,21). The molecule has 0 saturated carbocycles. The van der Waals surface area contributed by atoms with E-state index in [1.807, 2.05) is 47.4 Å². The molecular weight excluding hydrogens is 264 g/mol. The lowest BCUT2D eigenvalue weighted by molar-refractivity contribution is -0.138. The van der Waals surface area contributed by atoms with Crippen molar-refractivity contribution in [1.29, 1.82) is 5.26 Å².